The Labute approximate surface area is 193 Å². The van der Waals surface area contributed by atoms with Gasteiger partial charge in [-0.15, -0.1) is 0 Å². The van der Waals surface area contributed by atoms with Gasteiger partial charge in [0.15, 0.2) is 0 Å². The molecule has 0 radical (unpaired) electrons. The zero-order valence-corrected chi connectivity index (χ0v) is 19.7. The van der Waals surface area contributed by atoms with E-state index in [0.29, 0.717) is 11.4 Å². The van der Waals surface area contributed by atoms with Crippen LogP contribution in [-0.2, 0) is 10.2 Å². The summed E-state index contributed by atoms with van der Waals surface area (Å²) in [5, 5.41) is 0. The van der Waals surface area contributed by atoms with E-state index in [1.165, 1.54) is 25.4 Å². The number of pyridine rings is 1. The topological polar surface area (TPSA) is 96.2 Å². The van der Waals surface area contributed by atoms with E-state index < -0.39 is 16.1 Å². The van der Waals surface area contributed by atoms with Crippen LogP contribution in [0.1, 0.15) is 30.3 Å². The molecule has 0 bridgehead atoms. The summed E-state index contributed by atoms with van der Waals surface area (Å²) in [7, 11) is -0.887. The first-order valence-electron chi connectivity index (χ1n) is 10.5. The van der Waals surface area contributed by atoms with E-state index in [4.69, 9.17) is 4.74 Å². The average molecular weight is 478 g/mol. The van der Waals surface area contributed by atoms with Crippen LogP contribution in [0, 0.1) is 5.82 Å². The molecule has 3 aromatic rings. The molecule has 33 heavy (non-hydrogen) atoms. The van der Waals surface area contributed by atoms with Crippen molar-refractivity contribution in [3.8, 4) is 5.75 Å². The molecule has 0 spiro atoms. The van der Waals surface area contributed by atoms with Gasteiger partial charge in [0.2, 0.25) is 0 Å². The second-order valence-electron chi connectivity index (χ2n) is 7.46. The molecule has 0 saturated carbocycles. The second-order valence-corrected chi connectivity index (χ2v) is 9.24. The Balaban J connectivity index is 0.000000286. The van der Waals surface area contributed by atoms with Crippen molar-refractivity contribution in [2.45, 2.75) is 19.8 Å². The lowest BCUT2D eigenvalue weighted by Crippen LogP contribution is -2.41. The van der Waals surface area contributed by atoms with E-state index in [1.54, 1.807) is 30.6 Å². The normalized spacial score (nSPS) is 13.7. The van der Waals surface area contributed by atoms with Crippen LogP contribution >= 0.6 is 0 Å². The smallest absolute Gasteiger partial charge is 0.303 e. The van der Waals surface area contributed by atoms with Crippen molar-refractivity contribution < 1.29 is 22.3 Å². The number of imidazole rings is 1. The average Bonchev–Trinajstić information content (AvgIpc) is 3.49. The number of fused-ring (bicyclic) bond motifs is 1. The van der Waals surface area contributed by atoms with E-state index >= 15 is 0 Å². The van der Waals surface area contributed by atoms with Crippen LogP contribution in [0.5, 0.6) is 5.75 Å². The molecule has 1 amide bonds. The highest BCUT2D eigenvalue weighted by molar-refractivity contribution is 7.87. The Morgan fingerprint density at radius 1 is 1.18 bits per heavy atom. The fourth-order valence-corrected chi connectivity index (χ4v) is 4.12. The van der Waals surface area contributed by atoms with Crippen molar-refractivity contribution in [1.82, 2.24) is 18.4 Å². The summed E-state index contributed by atoms with van der Waals surface area (Å²) in [4.78, 5) is 18.8. The number of carbonyl (C=O) groups is 1. The van der Waals surface area contributed by atoms with E-state index in [-0.39, 0.29) is 18.1 Å². The van der Waals surface area contributed by atoms with Gasteiger partial charge < -0.3 is 9.64 Å². The molecular weight excluding hydrogens is 449 g/mol. The Morgan fingerprint density at radius 2 is 1.85 bits per heavy atom. The summed E-state index contributed by atoms with van der Waals surface area (Å²) >= 11 is 0. The van der Waals surface area contributed by atoms with Crippen molar-refractivity contribution in [2.24, 2.45) is 0 Å². The summed E-state index contributed by atoms with van der Waals surface area (Å²) in [6.07, 6.45) is 5.52. The molecule has 0 aliphatic carbocycles. The Kier molecular flexibility index (Phi) is 7.88. The molecule has 0 unspecified atom stereocenters. The van der Waals surface area contributed by atoms with Gasteiger partial charge in [-0.2, -0.15) is 12.7 Å². The zero-order chi connectivity index (χ0) is 24.0. The summed E-state index contributed by atoms with van der Waals surface area (Å²) in [6.45, 7) is 3.93. The van der Waals surface area contributed by atoms with Crippen molar-refractivity contribution in [1.29, 1.82) is 0 Å². The van der Waals surface area contributed by atoms with Crippen molar-refractivity contribution in [3.05, 3.63) is 60.3 Å². The van der Waals surface area contributed by atoms with Crippen LogP contribution in [0.25, 0.3) is 5.65 Å². The van der Waals surface area contributed by atoms with Gasteiger partial charge in [0.1, 0.15) is 22.9 Å². The maximum absolute atomic E-state index is 12.4. The molecule has 1 aliphatic heterocycles. The van der Waals surface area contributed by atoms with Crippen LogP contribution in [0.4, 0.5) is 10.1 Å². The van der Waals surface area contributed by atoms with Gasteiger partial charge in [-0.1, -0.05) is 6.92 Å². The summed E-state index contributed by atoms with van der Waals surface area (Å²) < 4.78 is 45.8. The van der Waals surface area contributed by atoms with Crippen LogP contribution < -0.4 is 14.4 Å². The van der Waals surface area contributed by atoms with Gasteiger partial charge in [0.05, 0.1) is 19.0 Å². The molecule has 3 heterocycles. The number of anilines is 1. The number of methoxy groups -OCH3 is 1. The van der Waals surface area contributed by atoms with Gasteiger partial charge in [-0.3, -0.25) is 9.20 Å². The maximum atomic E-state index is 12.4. The first kappa shape index (κ1) is 24.5. The van der Waals surface area contributed by atoms with Crippen molar-refractivity contribution in [2.75, 3.05) is 38.7 Å². The van der Waals surface area contributed by atoms with Gasteiger partial charge in [-0.25, -0.2) is 14.1 Å². The lowest BCUT2D eigenvalue weighted by molar-refractivity contribution is 0.0974. The Morgan fingerprint density at radius 3 is 2.45 bits per heavy atom. The van der Waals surface area contributed by atoms with E-state index in [2.05, 4.69) is 14.6 Å². The lowest BCUT2D eigenvalue weighted by Gasteiger charge is -2.18. The third-order valence-electron chi connectivity index (χ3n) is 5.32. The summed E-state index contributed by atoms with van der Waals surface area (Å²) in [5.41, 5.74) is 1.80. The van der Waals surface area contributed by atoms with Crippen LogP contribution in [0.15, 0.2) is 48.8 Å². The minimum absolute atomic E-state index is 0.194. The van der Waals surface area contributed by atoms with Gasteiger partial charge >= 0.3 is 10.2 Å². The minimum Gasteiger partial charge on any atom is -0.497 e. The highest BCUT2D eigenvalue weighted by Crippen LogP contribution is 2.21. The van der Waals surface area contributed by atoms with Crippen LogP contribution in [0.2, 0.25) is 0 Å². The summed E-state index contributed by atoms with van der Waals surface area (Å²) in [5.74, 6) is -0.256. The number of nitrogens with one attached hydrogen (secondary N) is 1. The SMILES string of the molecule is CCN(C)S(=O)(=O)NC(=O)c1cnc2ccc(N3CCCC3)cn12.COc1ccc(F)cc1. The zero-order valence-electron chi connectivity index (χ0n) is 18.9. The monoisotopic (exact) mass is 477 g/mol. The molecule has 0 atom stereocenters. The number of halogens is 1. The highest BCUT2D eigenvalue weighted by Gasteiger charge is 2.23. The molecule has 178 valence electrons. The number of hydrogen-bond donors (Lipinski definition) is 1. The molecule has 1 saturated heterocycles. The molecule has 11 heteroatoms. The largest absolute Gasteiger partial charge is 0.497 e. The highest BCUT2D eigenvalue weighted by atomic mass is 32.2. The fourth-order valence-electron chi connectivity index (χ4n) is 3.29. The number of benzene rings is 1. The fraction of sp³-hybridized carbons (Fsp3) is 0.364. The quantitative estimate of drug-likeness (QED) is 0.587. The van der Waals surface area contributed by atoms with Gasteiger partial charge in [0, 0.05) is 32.9 Å². The van der Waals surface area contributed by atoms with Crippen molar-refractivity contribution in [3.63, 3.8) is 0 Å². The Hall–Kier alpha value is -3.18. The molecule has 2 aromatic heterocycles. The van der Waals surface area contributed by atoms with E-state index in [0.717, 1.165) is 35.9 Å². The number of rotatable bonds is 6. The molecule has 1 fully saturated rings. The summed E-state index contributed by atoms with van der Waals surface area (Å²) in [6, 6.07) is 9.68. The number of amides is 1. The molecule has 4 rings (SSSR count). The third-order valence-corrected chi connectivity index (χ3v) is 6.84. The first-order valence-corrected chi connectivity index (χ1v) is 12.0. The number of aromatic nitrogens is 2. The number of nitrogens with zero attached hydrogens (tertiary/aromatic N) is 4. The molecule has 1 aromatic carbocycles. The molecule has 1 aliphatic rings. The van der Waals surface area contributed by atoms with Crippen LogP contribution in [-0.4, -0.2) is 61.8 Å². The minimum atomic E-state index is -3.85. The number of ether oxygens (including phenoxy) is 1. The predicted octanol–water partition coefficient (Wildman–Crippen LogP) is 2.70. The van der Waals surface area contributed by atoms with Gasteiger partial charge in [0.25, 0.3) is 5.91 Å². The maximum Gasteiger partial charge on any atom is 0.303 e. The van der Waals surface area contributed by atoms with Crippen LogP contribution in [0.3, 0.4) is 0 Å². The molecule has 1 N–H and O–H groups in total. The second kappa shape index (κ2) is 10.6. The first-order chi connectivity index (χ1) is 15.7. The standard InChI is InChI=1S/C15H21N5O3S.C7H7FO/c1-3-18(2)24(22,23)17-15(21)13-10-16-14-7-6-12(11-20(13)14)19-8-4-5-9-19;1-9-7-4-2-6(8)3-5-7/h6-7,10-11H,3-5,8-9H2,1-2H3,(H,17,21);2-5H,1H3. The Bertz CT molecular complexity index is 1190. The number of hydrogen-bond acceptors (Lipinski definition) is 6. The lowest BCUT2D eigenvalue weighted by atomic mass is 10.3. The third kappa shape index (κ3) is 5.99. The molecular formula is C22H28FN5O4S. The number of carbonyl (C=O) groups excluding carboxylic acids is 1. The van der Waals surface area contributed by atoms with Gasteiger partial charge in [-0.05, 0) is 49.2 Å². The van der Waals surface area contributed by atoms with E-state index in [1.807, 2.05) is 18.3 Å². The molecule has 9 nitrogen and oxygen atoms in total. The predicted molar refractivity (Wildman–Crippen MR) is 124 cm³/mol. The van der Waals surface area contributed by atoms with E-state index in [9.17, 15) is 17.6 Å². The van der Waals surface area contributed by atoms with Crippen molar-refractivity contribution >= 4 is 27.5 Å².